The lowest BCUT2D eigenvalue weighted by Gasteiger charge is -2.06. The molecule has 0 bridgehead atoms. The molecule has 2 N–H and O–H groups in total. The third-order valence-corrected chi connectivity index (χ3v) is 4.59. The molecular formula is C15H7BrF2N4OS. The summed E-state index contributed by atoms with van der Waals surface area (Å²) in [5.74, 6) is -1.50. The van der Waals surface area contributed by atoms with E-state index in [4.69, 9.17) is 5.26 Å². The van der Waals surface area contributed by atoms with Gasteiger partial charge in [0.1, 0.15) is 17.4 Å². The number of carbonyl (C=O) groups is 1. The monoisotopic (exact) mass is 408 g/mol. The first-order valence-electron chi connectivity index (χ1n) is 6.49. The molecule has 1 heterocycles. The average Bonchev–Trinajstić information content (AvgIpc) is 2.91. The fourth-order valence-corrected chi connectivity index (χ4v) is 3.19. The maximum Gasteiger partial charge on any atom is 0.325 e. The third kappa shape index (κ3) is 3.34. The summed E-state index contributed by atoms with van der Waals surface area (Å²) in [5, 5.41) is 14.1. The molecule has 0 fully saturated rings. The number of fused-ring (bicyclic) bond motifs is 1. The molecule has 24 heavy (non-hydrogen) atoms. The largest absolute Gasteiger partial charge is 0.325 e. The van der Waals surface area contributed by atoms with Gasteiger partial charge in [-0.1, -0.05) is 11.3 Å². The molecule has 3 rings (SSSR count). The number of anilines is 2. The van der Waals surface area contributed by atoms with Crippen LogP contribution in [0.5, 0.6) is 0 Å². The van der Waals surface area contributed by atoms with Crippen LogP contribution in [-0.4, -0.2) is 11.0 Å². The Morgan fingerprint density at radius 1 is 1.25 bits per heavy atom. The van der Waals surface area contributed by atoms with Crippen molar-refractivity contribution in [1.29, 1.82) is 5.26 Å². The number of nitriles is 1. The second-order valence-corrected chi connectivity index (χ2v) is 6.52. The van der Waals surface area contributed by atoms with Gasteiger partial charge in [0.05, 0.1) is 10.3 Å². The van der Waals surface area contributed by atoms with Crippen LogP contribution in [0.1, 0.15) is 5.56 Å². The summed E-state index contributed by atoms with van der Waals surface area (Å²) >= 11 is 4.17. The van der Waals surface area contributed by atoms with Crippen LogP contribution in [0.3, 0.4) is 0 Å². The zero-order chi connectivity index (χ0) is 17.3. The van der Waals surface area contributed by atoms with E-state index in [9.17, 15) is 13.6 Å². The molecule has 3 aromatic rings. The molecule has 0 saturated heterocycles. The highest BCUT2D eigenvalue weighted by Crippen LogP contribution is 2.29. The summed E-state index contributed by atoms with van der Waals surface area (Å²) < 4.78 is 27.7. The number of urea groups is 1. The molecule has 0 aliphatic heterocycles. The number of carbonyl (C=O) groups excluding carboxylic acids is 1. The molecule has 2 aromatic carbocycles. The predicted octanol–water partition coefficient (Wildman–Crippen LogP) is 4.85. The Morgan fingerprint density at radius 2 is 2.04 bits per heavy atom. The number of aromatic nitrogens is 1. The Hall–Kier alpha value is -2.57. The first kappa shape index (κ1) is 16.3. The zero-order valence-corrected chi connectivity index (χ0v) is 14.1. The van der Waals surface area contributed by atoms with Crippen LogP contribution in [0, 0.1) is 23.0 Å². The Bertz CT molecular complexity index is 999. The van der Waals surface area contributed by atoms with Gasteiger partial charge < -0.3 is 5.32 Å². The number of nitrogens with one attached hydrogen (secondary N) is 2. The number of thiazole rings is 1. The normalized spacial score (nSPS) is 10.4. The minimum absolute atomic E-state index is 0.00731. The van der Waals surface area contributed by atoms with Crippen LogP contribution in [0.25, 0.3) is 10.2 Å². The summed E-state index contributed by atoms with van der Waals surface area (Å²) in [7, 11) is 0. The number of rotatable bonds is 2. The highest BCUT2D eigenvalue weighted by atomic mass is 79.9. The highest BCUT2D eigenvalue weighted by molar-refractivity contribution is 9.10. The lowest BCUT2D eigenvalue weighted by molar-refractivity contribution is 0.262. The summed E-state index contributed by atoms with van der Waals surface area (Å²) in [5.41, 5.74) is 0.767. The Balaban J connectivity index is 1.78. The SMILES string of the molecule is N#Cc1cc(NC(=O)Nc2nc3c(F)cc(F)cc3s2)ccc1Br. The van der Waals surface area contributed by atoms with Gasteiger partial charge in [0.2, 0.25) is 0 Å². The minimum atomic E-state index is -0.790. The van der Waals surface area contributed by atoms with Gasteiger partial charge in [-0.2, -0.15) is 5.26 Å². The second-order valence-electron chi connectivity index (χ2n) is 4.64. The van der Waals surface area contributed by atoms with Crippen LogP contribution in [0.15, 0.2) is 34.8 Å². The van der Waals surface area contributed by atoms with E-state index in [0.717, 1.165) is 23.5 Å². The average molecular weight is 409 g/mol. The summed E-state index contributed by atoms with van der Waals surface area (Å²) in [6.07, 6.45) is 0. The van der Waals surface area contributed by atoms with Gasteiger partial charge in [-0.05, 0) is 40.2 Å². The van der Waals surface area contributed by atoms with Gasteiger partial charge in [0.25, 0.3) is 0 Å². The standard InChI is InChI=1S/C15H7BrF2N4OS/c16-10-2-1-9(3-7(10)6-19)20-14(23)22-15-21-13-11(18)4-8(17)5-12(13)24-15/h1-5H,(H2,20,21,22,23). The predicted molar refractivity (Wildman–Crippen MR) is 91.0 cm³/mol. The van der Waals surface area contributed by atoms with Crippen LogP contribution in [0.4, 0.5) is 24.4 Å². The molecule has 5 nitrogen and oxygen atoms in total. The molecular weight excluding hydrogens is 402 g/mol. The van der Waals surface area contributed by atoms with Crippen molar-refractivity contribution in [2.75, 3.05) is 10.6 Å². The van der Waals surface area contributed by atoms with E-state index >= 15 is 0 Å². The first-order valence-corrected chi connectivity index (χ1v) is 8.10. The van der Waals surface area contributed by atoms with Crippen molar-refractivity contribution in [1.82, 2.24) is 4.98 Å². The second kappa shape index (κ2) is 6.51. The van der Waals surface area contributed by atoms with Gasteiger partial charge in [-0.15, -0.1) is 0 Å². The maximum atomic E-state index is 13.6. The van der Waals surface area contributed by atoms with E-state index in [1.54, 1.807) is 12.1 Å². The van der Waals surface area contributed by atoms with E-state index < -0.39 is 17.7 Å². The third-order valence-electron chi connectivity index (χ3n) is 2.98. The highest BCUT2D eigenvalue weighted by Gasteiger charge is 2.13. The minimum Gasteiger partial charge on any atom is -0.308 e. The van der Waals surface area contributed by atoms with Gasteiger partial charge in [0.15, 0.2) is 10.9 Å². The molecule has 0 unspecified atom stereocenters. The van der Waals surface area contributed by atoms with E-state index in [0.29, 0.717) is 20.4 Å². The number of nitrogens with zero attached hydrogens (tertiary/aromatic N) is 2. The topological polar surface area (TPSA) is 77.8 Å². The van der Waals surface area contributed by atoms with E-state index in [-0.39, 0.29) is 10.6 Å². The lowest BCUT2D eigenvalue weighted by atomic mass is 10.2. The number of hydrogen-bond donors (Lipinski definition) is 2. The Labute approximate surface area is 147 Å². The van der Waals surface area contributed by atoms with E-state index in [1.165, 1.54) is 6.07 Å². The lowest BCUT2D eigenvalue weighted by Crippen LogP contribution is -2.19. The van der Waals surface area contributed by atoms with Crippen molar-refractivity contribution < 1.29 is 13.6 Å². The molecule has 1 aromatic heterocycles. The molecule has 9 heteroatoms. The van der Waals surface area contributed by atoms with Crippen molar-refractivity contribution in [3.8, 4) is 6.07 Å². The van der Waals surface area contributed by atoms with Gasteiger partial charge in [0, 0.05) is 16.2 Å². The van der Waals surface area contributed by atoms with E-state index in [1.807, 2.05) is 6.07 Å². The molecule has 0 saturated carbocycles. The zero-order valence-electron chi connectivity index (χ0n) is 11.7. The van der Waals surface area contributed by atoms with Crippen molar-refractivity contribution in [2.45, 2.75) is 0 Å². The molecule has 2 amide bonds. The Kier molecular flexibility index (Phi) is 4.42. The first-order chi connectivity index (χ1) is 11.5. The number of hydrogen-bond acceptors (Lipinski definition) is 4. The molecule has 0 aliphatic carbocycles. The number of benzene rings is 2. The molecule has 0 atom stereocenters. The maximum absolute atomic E-state index is 13.6. The van der Waals surface area contributed by atoms with Crippen molar-refractivity contribution in [2.24, 2.45) is 0 Å². The van der Waals surface area contributed by atoms with Gasteiger partial charge in [-0.3, -0.25) is 5.32 Å². The van der Waals surface area contributed by atoms with Gasteiger partial charge >= 0.3 is 6.03 Å². The Morgan fingerprint density at radius 3 is 2.79 bits per heavy atom. The van der Waals surface area contributed by atoms with Crippen molar-refractivity contribution >= 4 is 54.3 Å². The summed E-state index contributed by atoms with van der Waals surface area (Å²) in [6, 6.07) is 7.99. The smallest absolute Gasteiger partial charge is 0.308 e. The number of amides is 2. The fourth-order valence-electron chi connectivity index (χ4n) is 1.96. The molecule has 0 spiro atoms. The summed E-state index contributed by atoms with van der Waals surface area (Å²) in [6.45, 7) is 0. The molecule has 120 valence electrons. The molecule has 0 radical (unpaired) electrons. The quantitative estimate of drug-likeness (QED) is 0.635. The van der Waals surface area contributed by atoms with Gasteiger partial charge in [-0.25, -0.2) is 18.6 Å². The fraction of sp³-hybridized carbons (Fsp3) is 0. The van der Waals surface area contributed by atoms with Crippen molar-refractivity contribution in [3.63, 3.8) is 0 Å². The van der Waals surface area contributed by atoms with E-state index in [2.05, 4.69) is 31.5 Å². The van der Waals surface area contributed by atoms with Crippen LogP contribution >= 0.6 is 27.3 Å². The van der Waals surface area contributed by atoms with Crippen LogP contribution in [-0.2, 0) is 0 Å². The molecule has 0 aliphatic rings. The summed E-state index contributed by atoms with van der Waals surface area (Å²) in [4.78, 5) is 15.9. The van der Waals surface area contributed by atoms with Crippen molar-refractivity contribution in [3.05, 3.63) is 52.0 Å². The number of halogens is 3. The van der Waals surface area contributed by atoms with Crippen LogP contribution < -0.4 is 10.6 Å². The van der Waals surface area contributed by atoms with Crippen LogP contribution in [0.2, 0.25) is 0 Å².